The highest BCUT2D eigenvalue weighted by Crippen LogP contribution is 2.46. The zero-order chi connectivity index (χ0) is 14.1. The summed E-state index contributed by atoms with van der Waals surface area (Å²) in [6, 6.07) is 0. The van der Waals surface area contributed by atoms with Crippen molar-refractivity contribution in [3.05, 3.63) is 0 Å². The van der Waals surface area contributed by atoms with E-state index in [4.69, 9.17) is 5.11 Å². The van der Waals surface area contributed by atoms with E-state index in [1.54, 1.807) is 4.90 Å². The fraction of sp³-hybridized carbons (Fsp3) is 0.923. The first-order valence-corrected chi connectivity index (χ1v) is 6.84. The number of carbonyl (C=O) groups is 1. The molecule has 0 aromatic carbocycles. The summed E-state index contributed by atoms with van der Waals surface area (Å²) >= 11 is 0. The Morgan fingerprint density at radius 2 is 1.68 bits per heavy atom. The monoisotopic (exact) mass is 279 g/mol. The predicted octanol–water partition coefficient (Wildman–Crippen LogP) is 2.91. The van der Waals surface area contributed by atoms with Crippen molar-refractivity contribution in [3.8, 4) is 0 Å². The molecule has 1 spiro atoms. The molecule has 1 unspecified atom stereocenters. The van der Waals surface area contributed by atoms with Crippen LogP contribution in [0, 0.1) is 11.3 Å². The molecule has 0 bridgehead atoms. The number of hydrogen-bond acceptors (Lipinski definition) is 2. The highest BCUT2D eigenvalue weighted by atomic mass is 19.4. The minimum Gasteiger partial charge on any atom is -0.481 e. The van der Waals surface area contributed by atoms with E-state index in [1.165, 1.54) is 25.7 Å². The Kier molecular flexibility index (Phi) is 4.08. The molecule has 2 aliphatic rings. The molecule has 1 aliphatic carbocycles. The number of piperidine rings is 1. The number of carboxylic acids is 1. The van der Waals surface area contributed by atoms with Gasteiger partial charge in [-0.2, -0.15) is 13.2 Å². The average molecular weight is 279 g/mol. The molecule has 0 amide bonds. The fourth-order valence-corrected chi connectivity index (χ4v) is 3.41. The molecule has 3 nitrogen and oxygen atoms in total. The third kappa shape index (κ3) is 3.41. The Morgan fingerprint density at radius 1 is 1.16 bits per heavy atom. The van der Waals surface area contributed by atoms with Gasteiger partial charge in [0.05, 0.1) is 0 Å². The van der Waals surface area contributed by atoms with Crippen LogP contribution < -0.4 is 0 Å². The molecule has 19 heavy (non-hydrogen) atoms. The predicted molar refractivity (Wildman–Crippen MR) is 63.8 cm³/mol. The van der Waals surface area contributed by atoms with Crippen LogP contribution in [0.5, 0.6) is 0 Å². The highest BCUT2D eigenvalue weighted by molar-refractivity contribution is 5.71. The Bertz CT molecular complexity index is 327. The van der Waals surface area contributed by atoms with Gasteiger partial charge in [-0.25, -0.2) is 0 Å². The first-order valence-electron chi connectivity index (χ1n) is 6.84. The summed E-state index contributed by atoms with van der Waals surface area (Å²) in [4.78, 5) is 12.4. The second-order valence-electron chi connectivity index (χ2n) is 5.94. The molecule has 2 fully saturated rings. The molecular formula is C13H20F3NO2. The van der Waals surface area contributed by atoms with Crippen LogP contribution in [0.2, 0.25) is 0 Å². The number of rotatable bonds is 3. The van der Waals surface area contributed by atoms with Crippen molar-refractivity contribution >= 4 is 5.97 Å². The maximum atomic E-state index is 12.6. The van der Waals surface area contributed by atoms with E-state index in [1.807, 2.05) is 0 Å². The molecule has 1 saturated carbocycles. The molecule has 0 aromatic heterocycles. The summed E-state index contributed by atoms with van der Waals surface area (Å²) in [6.07, 6.45) is 1.98. The molecule has 1 atom stereocenters. The summed E-state index contributed by atoms with van der Waals surface area (Å²) in [5.41, 5.74) is 0.341. The number of alkyl halides is 3. The molecule has 6 heteroatoms. The van der Waals surface area contributed by atoms with Gasteiger partial charge in [0.1, 0.15) is 0 Å². The van der Waals surface area contributed by atoms with Gasteiger partial charge in [-0.3, -0.25) is 4.79 Å². The minimum absolute atomic E-state index is 0.341. The third-order valence-corrected chi connectivity index (χ3v) is 4.71. The summed E-state index contributed by atoms with van der Waals surface area (Å²) in [5.74, 6) is -4.03. The largest absolute Gasteiger partial charge is 0.481 e. The Balaban J connectivity index is 1.89. The zero-order valence-electron chi connectivity index (χ0n) is 10.9. The molecule has 2 rings (SSSR count). The second kappa shape index (κ2) is 5.31. The Morgan fingerprint density at radius 3 is 2.11 bits per heavy atom. The lowest BCUT2D eigenvalue weighted by atomic mass is 9.77. The van der Waals surface area contributed by atoms with Crippen LogP contribution in [0.1, 0.15) is 38.5 Å². The maximum Gasteiger partial charge on any atom is 0.403 e. The molecule has 1 heterocycles. The zero-order valence-corrected chi connectivity index (χ0v) is 10.9. The van der Waals surface area contributed by atoms with Gasteiger partial charge in [-0.05, 0) is 44.2 Å². The van der Waals surface area contributed by atoms with E-state index in [-0.39, 0.29) is 0 Å². The molecule has 1 aliphatic heterocycles. The van der Waals surface area contributed by atoms with Crippen LogP contribution in [0.25, 0.3) is 0 Å². The molecule has 0 radical (unpaired) electrons. The van der Waals surface area contributed by atoms with Crippen LogP contribution in [-0.2, 0) is 4.79 Å². The summed E-state index contributed by atoms with van der Waals surface area (Å²) in [7, 11) is 0. The summed E-state index contributed by atoms with van der Waals surface area (Å²) in [6.45, 7) is 0.786. The van der Waals surface area contributed by atoms with Gasteiger partial charge in [-0.1, -0.05) is 12.8 Å². The molecule has 1 saturated heterocycles. The normalized spacial score (nSPS) is 25.6. The lowest BCUT2D eigenvalue weighted by Gasteiger charge is -2.40. The van der Waals surface area contributed by atoms with Gasteiger partial charge in [0.15, 0.2) is 5.92 Å². The molecular weight excluding hydrogens is 259 g/mol. The minimum atomic E-state index is -4.66. The number of carboxylic acid groups (broad SMARTS) is 1. The maximum absolute atomic E-state index is 12.6. The quantitative estimate of drug-likeness (QED) is 0.863. The van der Waals surface area contributed by atoms with Crippen molar-refractivity contribution in [2.45, 2.75) is 44.7 Å². The molecule has 1 N–H and O–H groups in total. The van der Waals surface area contributed by atoms with Crippen LogP contribution in [0.3, 0.4) is 0 Å². The van der Waals surface area contributed by atoms with Gasteiger partial charge < -0.3 is 10.0 Å². The standard InChI is InChI=1S/C13H20F3NO2/c14-13(15,16)10(11(18)19)9-17-7-5-12(6-8-17)3-1-2-4-12/h10H,1-9H2,(H,18,19). The van der Waals surface area contributed by atoms with Crippen molar-refractivity contribution in [2.75, 3.05) is 19.6 Å². The van der Waals surface area contributed by atoms with Gasteiger partial charge in [-0.15, -0.1) is 0 Å². The van der Waals surface area contributed by atoms with E-state index in [9.17, 15) is 18.0 Å². The van der Waals surface area contributed by atoms with Gasteiger partial charge >= 0.3 is 12.1 Å². The van der Waals surface area contributed by atoms with Crippen LogP contribution in [-0.4, -0.2) is 41.8 Å². The second-order valence-corrected chi connectivity index (χ2v) is 5.94. The lowest BCUT2D eigenvalue weighted by molar-refractivity contribution is -0.197. The number of halogens is 3. The van der Waals surface area contributed by atoms with Crippen LogP contribution >= 0.6 is 0 Å². The van der Waals surface area contributed by atoms with Crippen LogP contribution in [0.15, 0.2) is 0 Å². The van der Waals surface area contributed by atoms with E-state index in [2.05, 4.69) is 0 Å². The van der Waals surface area contributed by atoms with Gasteiger partial charge in [0.2, 0.25) is 0 Å². The first-order chi connectivity index (χ1) is 8.82. The van der Waals surface area contributed by atoms with E-state index >= 15 is 0 Å². The van der Waals surface area contributed by atoms with Gasteiger partial charge in [0, 0.05) is 6.54 Å². The van der Waals surface area contributed by atoms with Crippen molar-refractivity contribution in [1.29, 1.82) is 0 Å². The number of likely N-dealkylation sites (tertiary alicyclic amines) is 1. The van der Waals surface area contributed by atoms with Crippen LogP contribution in [0.4, 0.5) is 13.2 Å². The Labute approximate surface area is 110 Å². The fourth-order valence-electron chi connectivity index (χ4n) is 3.41. The topological polar surface area (TPSA) is 40.5 Å². The molecule has 110 valence electrons. The number of hydrogen-bond donors (Lipinski definition) is 1. The van der Waals surface area contributed by atoms with E-state index < -0.39 is 24.6 Å². The first kappa shape index (κ1) is 14.6. The number of aliphatic carboxylic acids is 1. The third-order valence-electron chi connectivity index (χ3n) is 4.71. The highest BCUT2D eigenvalue weighted by Gasteiger charge is 2.47. The Hall–Kier alpha value is -0.780. The van der Waals surface area contributed by atoms with Crippen molar-refractivity contribution in [3.63, 3.8) is 0 Å². The van der Waals surface area contributed by atoms with Gasteiger partial charge in [0.25, 0.3) is 0 Å². The van der Waals surface area contributed by atoms with Crippen molar-refractivity contribution in [2.24, 2.45) is 11.3 Å². The van der Waals surface area contributed by atoms with Crippen molar-refractivity contribution < 1.29 is 23.1 Å². The summed E-state index contributed by atoms with van der Waals surface area (Å²) < 4.78 is 37.8. The van der Waals surface area contributed by atoms with E-state index in [0.717, 1.165) is 12.8 Å². The SMILES string of the molecule is O=C(O)C(CN1CCC2(CCCC2)CC1)C(F)(F)F. The number of nitrogens with zero attached hydrogens (tertiary/aromatic N) is 1. The van der Waals surface area contributed by atoms with E-state index in [0.29, 0.717) is 18.5 Å². The smallest absolute Gasteiger partial charge is 0.403 e. The molecule has 0 aromatic rings. The van der Waals surface area contributed by atoms with Crippen molar-refractivity contribution in [1.82, 2.24) is 4.90 Å². The summed E-state index contributed by atoms with van der Waals surface area (Å²) in [5, 5.41) is 8.70. The average Bonchev–Trinajstić information content (AvgIpc) is 2.75. The lowest BCUT2D eigenvalue weighted by Crippen LogP contribution is -2.46.